The molecule has 1 aromatic rings. The lowest BCUT2D eigenvalue weighted by Gasteiger charge is -2.19. The normalized spacial score (nSPS) is 11.5. The number of nitrogens with two attached hydrogens (primary N) is 1. The van der Waals surface area contributed by atoms with Crippen molar-refractivity contribution >= 4 is 5.97 Å². The molecule has 0 atom stereocenters. The van der Waals surface area contributed by atoms with E-state index in [0.717, 1.165) is 18.4 Å². The third-order valence-corrected chi connectivity index (χ3v) is 2.07. The number of ether oxygens (including phenoxy) is 1. The molecule has 1 rings (SSSR count). The summed E-state index contributed by atoms with van der Waals surface area (Å²) >= 11 is 0. The SMILES string of the molecule is CC(C)(C)OC(=O)Cn1cc(CCCN)cn1. The largest absolute Gasteiger partial charge is 0.459 e. The molecule has 1 heterocycles. The zero-order chi connectivity index (χ0) is 12.9. The summed E-state index contributed by atoms with van der Waals surface area (Å²) < 4.78 is 6.81. The number of esters is 1. The lowest BCUT2D eigenvalue weighted by atomic mass is 10.2. The Hall–Kier alpha value is -1.36. The van der Waals surface area contributed by atoms with E-state index in [1.807, 2.05) is 27.0 Å². The number of aromatic nitrogens is 2. The minimum atomic E-state index is -0.452. The summed E-state index contributed by atoms with van der Waals surface area (Å²) in [5.41, 5.74) is 6.08. The third-order valence-electron chi connectivity index (χ3n) is 2.07. The number of carbonyl (C=O) groups is 1. The zero-order valence-corrected chi connectivity index (χ0v) is 10.8. The van der Waals surface area contributed by atoms with Crippen molar-refractivity contribution in [2.45, 2.75) is 45.8 Å². The molecule has 96 valence electrons. The number of rotatable bonds is 5. The molecule has 0 aliphatic heterocycles. The zero-order valence-electron chi connectivity index (χ0n) is 10.8. The summed E-state index contributed by atoms with van der Waals surface area (Å²) in [6, 6.07) is 0. The van der Waals surface area contributed by atoms with Gasteiger partial charge >= 0.3 is 5.97 Å². The van der Waals surface area contributed by atoms with Crippen LogP contribution in [0.15, 0.2) is 12.4 Å². The van der Waals surface area contributed by atoms with Crippen LogP contribution in [0, 0.1) is 0 Å². The van der Waals surface area contributed by atoms with Gasteiger partial charge in [0.05, 0.1) is 6.20 Å². The first-order valence-electron chi connectivity index (χ1n) is 5.84. The van der Waals surface area contributed by atoms with Gasteiger partial charge in [-0.3, -0.25) is 9.48 Å². The van der Waals surface area contributed by atoms with Crippen LogP contribution in [0.2, 0.25) is 0 Å². The molecule has 0 saturated carbocycles. The van der Waals surface area contributed by atoms with E-state index in [1.54, 1.807) is 10.9 Å². The Morgan fingerprint density at radius 3 is 2.82 bits per heavy atom. The van der Waals surface area contributed by atoms with Gasteiger partial charge in [-0.1, -0.05) is 0 Å². The van der Waals surface area contributed by atoms with Crippen molar-refractivity contribution in [2.24, 2.45) is 5.73 Å². The topological polar surface area (TPSA) is 70.1 Å². The highest BCUT2D eigenvalue weighted by Gasteiger charge is 2.16. The highest BCUT2D eigenvalue weighted by molar-refractivity contribution is 5.69. The third kappa shape index (κ3) is 5.49. The second-order valence-corrected chi connectivity index (χ2v) is 5.02. The highest BCUT2D eigenvalue weighted by atomic mass is 16.6. The van der Waals surface area contributed by atoms with Crippen LogP contribution in [-0.4, -0.2) is 27.9 Å². The van der Waals surface area contributed by atoms with E-state index in [9.17, 15) is 4.79 Å². The van der Waals surface area contributed by atoms with Crippen LogP contribution in [0.1, 0.15) is 32.8 Å². The monoisotopic (exact) mass is 239 g/mol. The fraction of sp³-hybridized carbons (Fsp3) is 0.667. The molecule has 0 saturated heterocycles. The van der Waals surface area contributed by atoms with Crippen molar-refractivity contribution in [3.8, 4) is 0 Å². The summed E-state index contributed by atoms with van der Waals surface area (Å²) in [6.07, 6.45) is 5.45. The molecule has 0 aromatic carbocycles. The Bertz CT molecular complexity index is 366. The second kappa shape index (κ2) is 5.82. The van der Waals surface area contributed by atoms with Crippen LogP contribution >= 0.6 is 0 Å². The lowest BCUT2D eigenvalue weighted by Crippen LogP contribution is -2.26. The lowest BCUT2D eigenvalue weighted by molar-refractivity contribution is -0.155. The van der Waals surface area contributed by atoms with Gasteiger partial charge in [0.15, 0.2) is 0 Å². The molecule has 0 spiro atoms. The molecule has 1 aromatic heterocycles. The Morgan fingerprint density at radius 2 is 2.24 bits per heavy atom. The Balaban J connectivity index is 2.46. The van der Waals surface area contributed by atoms with Crippen molar-refractivity contribution < 1.29 is 9.53 Å². The summed E-state index contributed by atoms with van der Waals surface area (Å²) in [4.78, 5) is 11.5. The fourth-order valence-electron chi connectivity index (χ4n) is 1.43. The van der Waals surface area contributed by atoms with Crippen LogP contribution < -0.4 is 5.73 Å². The Morgan fingerprint density at radius 1 is 1.53 bits per heavy atom. The van der Waals surface area contributed by atoms with Crippen LogP contribution in [0.5, 0.6) is 0 Å². The van der Waals surface area contributed by atoms with Gasteiger partial charge in [0.25, 0.3) is 0 Å². The van der Waals surface area contributed by atoms with Gasteiger partial charge in [0.1, 0.15) is 12.1 Å². The first-order valence-corrected chi connectivity index (χ1v) is 5.84. The van der Waals surface area contributed by atoms with Crippen molar-refractivity contribution in [2.75, 3.05) is 6.54 Å². The molecule has 0 aliphatic carbocycles. The molecule has 0 aliphatic rings. The van der Waals surface area contributed by atoms with Gasteiger partial charge in [0.2, 0.25) is 0 Å². The molecule has 0 amide bonds. The number of hydrogen-bond donors (Lipinski definition) is 1. The molecule has 0 fully saturated rings. The van der Waals surface area contributed by atoms with E-state index in [-0.39, 0.29) is 12.5 Å². The van der Waals surface area contributed by atoms with E-state index in [0.29, 0.717) is 6.54 Å². The molecule has 17 heavy (non-hydrogen) atoms. The van der Waals surface area contributed by atoms with Crippen molar-refractivity contribution in [1.82, 2.24) is 9.78 Å². The van der Waals surface area contributed by atoms with Crippen molar-refractivity contribution in [3.63, 3.8) is 0 Å². The predicted octanol–water partition coefficient (Wildman–Crippen LogP) is 1.12. The predicted molar refractivity (Wildman–Crippen MR) is 65.4 cm³/mol. The maximum absolute atomic E-state index is 11.5. The summed E-state index contributed by atoms with van der Waals surface area (Å²) in [5, 5.41) is 4.11. The molecule has 0 radical (unpaired) electrons. The second-order valence-electron chi connectivity index (χ2n) is 5.02. The summed E-state index contributed by atoms with van der Waals surface area (Å²) in [6.45, 7) is 6.36. The van der Waals surface area contributed by atoms with Crippen molar-refractivity contribution in [3.05, 3.63) is 18.0 Å². The van der Waals surface area contributed by atoms with E-state index < -0.39 is 5.60 Å². The van der Waals surface area contributed by atoms with E-state index >= 15 is 0 Å². The number of hydrogen-bond acceptors (Lipinski definition) is 4. The molecular weight excluding hydrogens is 218 g/mol. The van der Waals surface area contributed by atoms with Gasteiger partial charge in [0, 0.05) is 6.20 Å². The van der Waals surface area contributed by atoms with Crippen LogP contribution in [0.3, 0.4) is 0 Å². The average molecular weight is 239 g/mol. The minimum Gasteiger partial charge on any atom is -0.459 e. The molecule has 5 nitrogen and oxygen atoms in total. The van der Waals surface area contributed by atoms with Gasteiger partial charge in [-0.25, -0.2) is 0 Å². The fourth-order valence-corrected chi connectivity index (χ4v) is 1.43. The first-order chi connectivity index (χ1) is 7.90. The number of nitrogens with zero attached hydrogens (tertiary/aromatic N) is 2. The summed E-state index contributed by atoms with van der Waals surface area (Å²) in [7, 11) is 0. The number of carbonyl (C=O) groups excluding carboxylic acids is 1. The average Bonchev–Trinajstić information content (AvgIpc) is 2.59. The van der Waals surface area contributed by atoms with E-state index in [1.165, 1.54) is 0 Å². The van der Waals surface area contributed by atoms with Crippen LogP contribution in [0.4, 0.5) is 0 Å². The quantitative estimate of drug-likeness (QED) is 0.782. The number of aryl methyl sites for hydroxylation is 1. The molecule has 0 bridgehead atoms. The highest BCUT2D eigenvalue weighted by Crippen LogP contribution is 2.08. The van der Waals surface area contributed by atoms with Crippen molar-refractivity contribution in [1.29, 1.82) is 0 Å². The maximum Gasteiger partial charge on any atom is 0.328 e. The Kier molecular flexibility index (Phi) is 4.69. The smallest absolute Gasteiger partial charge is 0.328 e. The summed E-state index contributed by atoms with van der Waals surface area (Å²) in [5.74, 6) is -0.272. The molecule has 5 heteroatoms. The van der Waals surface area contributed by atoms with Crippen LogP contribution in [0.25, 0.3) is 0 Å². The first kappa shape index (κ1) is 13.7. The van der Waals surface area contributed by atoms with Gasteiger partial charge in [-0.05, 0) is 45.7 Å². The van der Waals surface area contributed by atoms with Crippen LogP contribution in [-0.2, 0) is 22.5 Å². The van der Waals surface area contributed by atoms with E-state index in [4.69, 9.17) is 10.5 Å². The van der Waals surface area contributed by atoms with E-state index in [2.05, 4.69) is 5.10 Å². The van der Waals surface area contributed by atoms with Gasteiger partial charge < -0.3 is 10.5 Å². The maximum atomic E-state index is 11.5. The standard InChI is InChI=1S/C12H21N3O2/c1-12(2,3)17-11(16)9-15-8-10(7-14-15)5-4-6-13/h7-8H,4-6,9,13H2,1-3H3. The minimum absolute atomic E-state index is 0.153. The molecule has 2 N–H and O–H groups in total. The van der Waals surface area contributed by atoms with Gasteiger partial charge in [-0.15, -0.1) is 0 Å². The van der Waals surface area contributed by atoms with Gasteiger partial charge in [-0.2, -0.15) is 5.10 Å². The molecular formula is C12H21N3O2. The Labute approximate surface area is 102 Å². The molecule has 0 unspecified atom stereocenters.